The van der Waals surface area contributed by atoms with Crippen molar-refractivity contribution >= 4 is 23.3 Å². The van der Waals surface area contributed by atoms with E-state index >= 15 is 0 Å². The number of esters is 2. The van der Waals surface area contributed by atoms with Gasteiger partial charge in [0.05, 0.1) is 24.3 Å². The van der Waals surface area contributed by atoms with Crippen LogP contribution in [0.5, 0.6) is 0 Å². The summed E-state index contributed by atoms with van der Waals surface area (Å²) >= 11 is 1.29. The Kier molecular flexibility index (Phi) is 6.02. The molecule has 1 rings (SSSR count). The van der Waals surface area contributed by atoms with E-state index < -0.39 is 11.9 Å². The molecule has 0 atom stereocenters. The molecule has 1 aromatic rings. The number of carbonyl (C=O) groups excluding carboxylic acids is 2. The van der Waals surface area contributed by atoms with Crippen molar-refractivity contribution in [1.29, 1.82) is 0 Å². The summed E-state index contributed by atoms with van der Waals surface area (Å²) in [6, 6.07) is 0. The number of hydrogen-bond donors (Lipinski definition) is 0. The molecule has 0 aliphatic heterocycles. The number of carbonyl (C=O) groups is 2. The van der Waals surface area contributed by atoms with E-state index in [0.717, 1.165) is 0 Å². The van der Waals surface area contributed by atoms with Gasteiger partial charge in [0.2, 0.25) is 0 Å². The van der Waals surface area contributed by atoms with Crippen molar-refractivity contribution < 1.29 is 19.1 Å². The fraction of sp³-hybridized carbons (Fsp3) is 0.571. The average Bonchev–Trinajstić information content (AvgIpc) is 2.82. The highest BCUT2D eigenvalue weighted by Crippen LogP contribution is 2.18. The maximum absolute atomic E-state index is 11.9. The molecular formula is C14H20O4S. The summed E-state index contributed by atoms with van der Waals surface area (Å²) in [5.74, 6) is -0.407. The monoisotopic (exact) mass is 284 g/mol. The highest BCUT2D eigenvalue weighted by molar-refractivity contribution is 7.08. The van der Waals surface area contributed by atoms with Crippen molar-refractivity contribution in [3.8, 4) is 0 Å². The van der Waals surface area contributed by atoms with Crippen molar-refractivity contribution in [2.24, 2.45) is 11.8 Å². The predicted octanol–water partition coefficient (Wildman–Crippen LogP) is 3.37. The Labute approximate surface area is 117 Å². The van der Waals surface area contributed by atoms with Crippen LogP contribution < -0.4 is 0 Å². The van der Waals surface area contributed by atoms with E-state index in [9.17, 15) is 9.59 Å². The van der Waals surface area contributed by atoms with Crippen LogP contribution in [0.1, 0.15) is 48.4 Å². The van der Waals surface area contributed by atoms with Gasteiger partial charge in [-0.15, -0.1) is 0 Å². The Morgan fingerprint density at radius 2 is 1.32 bits per heavy atom. The van der Waals surface area contributed by atoms with E-state index in [0.29, 0.717) is 24.3 Å². The molecule has 0 radical (unpaired) electrons. The topological polar surface area (TPSA) is 52.6 Å². The zero-order valence-electron chi connectivity index (χ0n) is 11.8. The Hall–Kier alpha value is -1.36. The van der Waals surface area contributed by atoms with Crippen LogP contribution in [-0.2, 0) is 9.47 Å². The zero-order valence-corrected chi connectivity index (χ0v) is 12.6. The Bertz CT molecular complexity index is 396. The quantitative estimate of drug-likeness (QED) is 0.751. The molecule has 0 bridgehead atoms. The molecule has 5 heteroatoms. The van der Waals surface area contributed by atoms with Crippen molar-refractivity contribution in [2.75, 3.05) is 13.2 Å². The molecule has 106 valence electrons. The number of ether oxygens (including phenoxy) is 2. The van der Waals surface area contributed by atoms with E-state index in [4.69, 9.17) is 9.47 Å². The second-order valence-corrected chi connectivity index (χ2v) is 5.93. The Morgan fingerprint density at radius 3 is 1.63 bits per heavy atom. The zero-order chi connectivity index (χ0) is 14.4. The van der Waals surface area contributed by atoms with Gasteiger partial charge in [0.1, 0.15) is 0 Å². The molecule has 0 aliphatic rings. The molecule has 4 nitrogen and oxygen atoms in total. The summed E-state index contributed by atoms with van der Waals surface area (Å²) in [6.07, 6.45) is 0. The van der Waals surface area contributed by atoms with Crippen LogP contribution >= 0.6 is 11.3 Å². The van der Waals surface area contributed by atoms with Crippen LogP contribution in [0.3, 0.4) is 0 Å². The van der Waals surface area contributed by atoms with Gasteiger partial charge in [-0.2, -0.15) is 11.3 Å². The van der Waals surface area contributed by atoms with Gasteiger partial charge in [0, 0.05) is 10.8 Å². The van der Waals surface area contributed by atoms with Gasteiger partial charge in [0.15, 0.2) is 0 Å². The van der Waals surface area contributed by atoms with Gasteiger partial charge >= 0.3 is 11.9 Å². The molecule has 19 heavy (non-hydrogen) atoms. The first-order chi connectivity index (χ1) is 8.91. The molecule has 0 N–H and O–H groups in total. The first kappa shape index (κ1) is 15.7. The van der Waals surface area contributed by atoms with Gasteiger partial charge < -0.3 is 9.47 Å². The summed E-state index contributed by atoms with van der Waals surface area (Å²) in [6.45, 7) is 8.51. The van der Waals surface area contributed by atoms with Crippen LogP contribution in [0.25, 0.3) is 0 Å². The summed E-state index contributed by atoms with van der Waals surface area (Å²) in [5, 5.41) is 3.24. The third-order valence-corrected chi connectivity index (χ3v) is 2.94. The second kappa shape index (κ2) is 7.28. The Morgan fingerprint density at radius 1 is 0.947 bits per heavy atom. The summed E-state index contributed by atoms with van der Waals surface area (Å²) in [7, 11) is 0. The van der Waals surface area contributed by atoms with Crippen LogP contribution in [0.4, 0.5) is 0 Å². The summed E-state index contributed by atoms with van der Waals surface area (Å²) in [5.41, 5.74) is 0.582. The van der Waals surface area contributed by atoms with E-state index in [1.807, 2.05) is 27.7 Å². The average molecular weight is 284 g/mol. The lowest BCUT2D eigenvalue weighted by atomic mass is 10.2. The van der Waals surface area contributed by atoms with E-state index in [1.54, 1.807) is 10.8 Å². The van der Waals surface area contributed by atoms with E-state index in [2.05, 4.69) is 0 Å². The van der Waals surface area contributed by atoms with Crippen molar-refractivity contribution in [3.05, 3.63) is 21.9 Å². The SMILES string of the molecule is CC(C)COC(=O)c1cscc1C(=O)OCC(C)C. The standard InChI is InChI=1S/C14H20O4S/c1-9(2)5-17-13(15)11-7-19-8-12(11)14(16)18-6-10(3)4/h7-10H,5-6H2,1-4H3. The minimum atomic E-state index is -0.466. The molecular weight excluding hydrogens is 264 g/mol. The Balaban J connectivity index is 2.68. The van der Waals surface area contributed by atoms with E-state index in [-0.39, 0.29) is 11.8 Å². The molecule has 0 aliphatic carbocycles. The molecule has 0 fully saturated rings. The smallest absolute Gasteiger partial charge is 0.339 e. The first-order valence-electron chi connectivity index (χ1n) is 6.32. The second-order valence-electron chi connectivity index (χ2n) is 5.18. The maximum Gasteiger partial charge on any atom is 0.339 e. The third kappa shape index (κ3) is 5.03. The number of rotatable bonds is 6. The lowest BCUT2D eigenvalue weighted by Gasteiger charge is -2.09. The summed E-state index contributed by atoms with van der Waals surface area (Å²) < 4.78 is 10.2. The van der Waals surface area contributed by atoms with Crippen molar-refractivity contribution in [1.82, 2.24) is 0 Å². The highest BCUT2D eigenvalue weighted by Gasteiger charge is 2.21. The lowest BCUT2D eigenvalue weighted by Crippen LogP contribution is -2.15. The van der Waals surface area contributed by atoms with Crippen LogP contribution in [-0.4, -0.2) is 25.2 Å². The van der Waals surface area contributed by atoms with Crippen molar-refractivity contribution in [2.45, 2.75) is 27.7 Å². The molecule has 0 saturated heterocycles. The predicted molar refractivity (Wildman–Crippen MR) is 74.6 cm³/mol. The normalized spacial score (nSPS) is 10.8. The fourth-order valence-electron chi connectivity index (χ4n) is 1.25. The molecule has 0 amide bonds. The lowest BCUT2D eigenvalue weighted by molar-refractivity contribution is 0.0414. The fourth-order valence-corrected chi connectivity index (χ4v) is 2.04. The summed E-state index contributed by atoms with van der Waals surface area (Å²) in [4.78, 5) is 23.7. The first-order valence-corrected chi connectivity index (χ1v) is 7.26. The minimum absolute atomic E-state index is 0.263. The van der Waals surface area contributed by atoms with Crippen LogP contribution in [0.2, 0.25) is 0 Å². The molecule has 0 unspecified atom stereocenters. The molecule has 0 spiro atoms. The maximum atomic E-state index is 11.9. The number of thiophene rings is 1. The molecule has 1 heterocycles. The molecule has 1 aromatic heterocycles. The van der Waals surface area contributed by atoms with Gasteiger partial charge in [-0.05, 0) is 11.8 Å². The van der Waals surface area contributed by atoms with Gasteiger partial charge in [-0.25, -0.2) is 9.59 Å². The largest absolute Gasteiger partial charge is 0.462 e. The minimum Gasteiger partial charge on any atom is -0.462 e. The van der Waals surface area contributed by atoms with Gasteiger partial charge in [-0.1, -0.05) is 27.7 Å². The van der Waals surface area contributed by atoms with Crippen LogP contribution in [0, 0.1) is 11.8 Å². The van der Waals surface area contributed by atoms with Crippen LogP contribution in [0.15, 0.2) is 10.8 Å². The molecule has 0 aromatic carbocycles. The number of hydrogen-bond acceptors (Lipinski definition) is 5. The van der Waals surface area contributed by atoms with Gasteiger partial charge in [0.25, 0.3) is 0 Å². The highest BCUT2D eigenvalue weighted by atomic mass is 32.1. The van der Waals surface area contributed by atoms with E-state index in [1.165, 1.54) is 11.3 Å². The van der Waals surface area contributed by atoms with Gasteiger partial charge in [-0.3, -0.25) is 0 Å². The molecule has 0 saturated carbocycles. The third-order valence-electron chi connectivity index (χ3n) is 2.20. The van der Waals surface area contributed by atoms with Crippen molar-refractivity contribution in [3.63, 3.8) is 0 Å².